The lowest BCUT2D eigenvalue weighted by atomic mass is 10.1. The molecule has 1 aliphatic rings. The van der Waals surface area contributed by atoms with Gasteiger partial charge in [0.15, 0.2) is 11.5 Å². The maximum Gasteiger partial charge on any atom is 0.337 e. The number of imide groups is 1. The van der Waals surface area contributed by atoms with E-state index in [1.807, 2.05) is 0 Å². The van der Waals surface area contributed by atoms with E-state index < -0.39 is 17.8 Å². The average molecular weight is 376 g/mol. The summed E-state index contributed by atoms with van der Waals surface area (Å²) in [6, 6.07) is 9.41. The fourth-order valence-corrected chi connectivity index (χ4v) is 2.91. The summed E-state index contributed by atoms with van der Waals surface area (Å²) < 4.78 is 10.3. The van der Waals surface area contributed by atoms with Gasteiger partial charge < -0.3 is 14.3 Å². The third kappa shape index (κ3) is 2.97. The van der Waals surface area contributed by atoms with Gasteiger partial charge in [-0.15, -0.1) is 0 Å². The van der Waals surface area contributed by atoms with E-state index in [9.17, 15) is 14.4 Å². The smallest absolute Gasteiger partial charge is 0.337 e. The summed E-state index contributed by atoms with van der Waals surface area (Å²) in [5.41, 5.74) is 0.787. The third-order valence-electron chi connectivity index (χ3n) is 3.85. The number of carbonyl (C=O) groups is 3. The maximum absolute atomic E-state index is 12.2. The number of rotatable bonds is 5. The standard InChI is InChI=1S/C18H14ClNO6/c1-24-13-8-7-10(15(19)16(13)25-2)9-14(21)26-20-17(22)11-5-3-4-6-12(11)18(20)23/h3-8H,9H2,1-2H3. The van der Waals surface area contributed by atoms with E-state index in [-0.39, 0.29) is 28.3 Å². The highest BCUT2D eigenvalue weighted by Gasteiger charge is 2.38. The lowest BCUT2D eigenvalue weighted by molar-refractivity contribution is -0.167. The molecule has 2 aromatic rings. The number of benzene rings is 2. The Hall–Kier alpha value is -3.06. The predicted octanol–water partition coefficient (Wildman–Crippen LogP) is 2.65. The minimum Gasteiger partial charge on any atom is -0.493 e. The number of amides is 2. The summed E-state index contributed by atoms with van der Waals surface area (Å²) in [7, 11) is 2.88. The van der Waals surface area contributed by atoms with Crippen molar-refractivity contribution >= 4 is 29.4 Å². The van der Waals surface area contributed by atoms with Crippen molar-refractivity contribution < 1.29 is 28.7 Å². The zero-order chi connectivity index (χ0) is 18.8. The highest BCUT2D eigenvalue weighted by Crippen LogP contribution is 2.37. The summed E-state index contributed by atoms with van der Waals surface area (Å²) in [4.78, 5) is 41.6. The van der Waals surface area contributed by atoms with Crippen LogP contribution in [0, 0.1) is 0 Å². The van der Waals surface area contributed by atoms with Gasteiger partial charge in [0.2, 0.25) is 0 Å². The molecule has 26 heavy (non-hydrogen) atoms. The van der Waals surface area contributed by atoms with Crippen molar-refractivity contribution in [2.24, 2.45) is 0 Å². The molecule has 0 spiro atoms. The highest BCUT2D eigenvalue weighted by molar-refractivity contribution is 6.33. The molecule has 0 radical (unpaired) electrons. The molecule has 0 saturated heterocycles. The number of nitrogens with zero attached hydrogens (tertiary/aromatic N) is 1. The van der Waals surface area contributed by atoms with E-state index >= 15 is 0 Å². The number of ether oxygens (including phenoxy) is 2. The van der Waals surface area contributed by atoms with Crippen LogP contribution < -0.4 is 9.47 Å². The van der Waals surface area contributed by atoms with Gasteiger partial charge in [-0.3, -0.25) is 9.59 Å². The first-order chi connectivity index (χ1) is 12.5. The molecular weight excluding hydrogens is 362 g/mol. The van der Waals surface area contributed by atoms with Crippen molar-refractivity contribution in [3.05, 3.63) is 58.1 Å². The summed E-state index contributed by atoms with van der Waals surface area (Å²) in [6.07, 6.45) is -0.257. The molecule has 0 fully saturated rings. The van der Waals surface area contributed by atoms with E-state index in [4.69, 9.17) is 25.9 Å². The molecule has 2 aromatic carbocycles. The van der Waals surface area contributed by atoms with Crippen LogP contribution >= 0.6 is 11.6 Å². The Balaban J connectivity index is 1.77. The van der Waals surface area contributed by atoms with Crippen LogP contribution in [0.25, 0.3) is 0 Å². The Bertz CT molecular complexity index is 876. The number of hydroxylamine groups is 2. The lowest BCUT2D eigenvalue weighted by Crippen LogP contribution is -2.33. The number of halogens is 1. The molecule has 8 heteroatoms. The molecule has 1 aliphatic heterocycles. The number of carbonyl (C=O) groups excluding carboxylic acids is 3. The molecule has 2 amide bonds. The van der Waals surface area contributed by atoms with Gasteiger partial charge in [-0.1, -0.05) is 34.9 Å². The van der Waals surface area contributed by atoms with Crippen molar-refractivity contribution in [1.82, 2.24) is 5.06 Å². The van der Waals surface area contributed by atoms with Crippen LogP contribution in [0.2, 0.25) is 5.02 Å². The monoisotopic (exact) mass is 375 g/mol. The van der Waals surface area contributed by atoms with Gasteiger partial charge in [0.05, 0.1) is 36.8 Å². The minimum absolute atomic E-state index is 0.186. The van der Waals surface area contributed by atoms with Crippen LogP contribution in [-0.2, 0) is 16.1 Å². The molecule has 0 unspecified atom stereocenters. The molecule has 0 aliphatic carbocycles. The first-order valence-corrected chi connectivity index (χ1v) is 7.93. The van der Waals surface area contributed by atoms with Crippen LogP contribution in [0.1, 0.15) is 26.3 Å². The van der Waals surface area contributed by atoms with E-state index in [1.54, 1.807) is 24.3 Å². The average Bonchev–Trinajstić information content (AvgIpc) is 2.88. The molecule has 134 valence electrons. The van der Waals surface area contributed by atoms with Gasteiger partial charge >= 0.3 is 5.97 Å². The molecular formula is C18H14ClNO6. The Labute approximate surface area is 154 Å². The summed E-state index contributed by atoms with van der Waals surface area (Å²) in [6.45, 7) is 0. The van der Waals surface area contributed by atoms with Gasteiger partial charge in [-0.2, -0.15) is 0 Å². The number of hydrogen-bond donors (Lipinski definition) is 0. The molecule has 0 bridgehead atoms. The second kappa shape index (κ2) is 7.05. The number of fused-ring (bicyclic) bond motifs is 1. The number of hydrogen-bond acceptors (Lipinski definition) is 6. The SMILES string of the molecule is COc1ccc(CC(=O)ON2C(=O)c3ccccc3C2=O)c(Cl)c1OC. The van der Waals surface area contributed by atoms with Gasteiger partial charge in [0, 0.05) is 0 Å². The highest BCUT2D eigenvalue weighted by atomic mass is 35.5. The van der Waals surface area contributed by atoms with E-state index in [0.717, 1.165) is 0 Å². The van der Waals surface area contributed by atoms with Gasteiger partial charge in [0.25, 0.3) is 11.8 Å². The fourth-order valence-electron chi connectivity index (χ4n) is 2.61. The van der Waals surface area contributed by atoms with Gasteiger partial charge in [-0.05, 0) is 23.8 Å². The van der Waals surface area contributed by atoms with Crippen LogP contribution in [0.5, 0.6) is 11.5 Å². The Morgan fingerprint density at radius 3 is 2.15 bits per heavy atom. The molecule has 1 heterocycles. The van der Waals surface area contributed by atoms with Crippen molar-refractivity contribution in [3.63, 3.8) is 0 Å². The van der Waals surface area contributed by atoms with Crippen molar-refractivity contribution in [3.8, 4) is 11.5 Å². The van der Waals surface area contributed by atoms with Crippen molar-refractivity contribution in [2.45, 2.75) is 6.42 Å². The molecule has 0 N–H and O–H groups in total. The largest absolute Gasteiger partial charge is 0.493 e. The van der Waals surface area contributed by atoms with Crippen LogP contribution in [-0.4, -0.2) is 37.1 Å². The summed E-state index contributed by atoms with van der Waals surface area (Å²) >= 11 is 6.22. The van der Waals surface area contributed by atoms with Crippen LogP contribution in [0.15, 0.2) is 36.4 Å². The zero-order valence-electron chi connectivity index (χ0n) is 13.9. The molecule has 0 saturated carbocycles. The first-order valence-electron chi connectivity index (χ1n) is 7.56. The van der Waals surface area contributed by atoms with Gasteiger partial charge in [-0.25, -0.2) is 4.79 Å². The Kier molecular flexibility index (Phi) is 4.81. The van der Waals surface area contributed by atoms with Crippen LogP contribution in [0.3, 0.4) is 0 Å². The number of methoxy groups -OCH3 is 2. The van der Waals surface area contributed by atoms with Crippen molar-refractivity contribution in [2.75, 3.05) is 14.2 Å². The van der Waals surface area contributed by atoms with Gasteiger partial charge in [0.1, 0.15) is 0 Å². The topological polar surface area (TPSA) is 82.1 Å². The van der Waals surface area contributed by atoms with E-state index in [1.165, 1.54) is 26.4 Å². The molecule has 7 nitrogen and oxygen atoms in total. The first kappa shape index (κ1) is 17.8. The zero-order valence-corrected chi connectivity index (χ0v) is 14.7. The summed E-state index contributed by atoms with van der Waals surface area (Å²) in [5.74, 6) is -1.49. The molecule has 0 atom stereocenters. The molecule has 0 aromatic heterocycles. The normalized spacial score (nSPS) is 12.8. The second-order valence-corrected chi connectivity index (χ2v) is 5.74. The fraction of sp³-hybridized carbons (Fsp3) is 0.167. The second-order valence-electron chi connectivity index (χ2n) is 5.36. The lowest BCUT2D eigenvalue weighted by Gasteiger charge is -2.15. The van der Waals surface area contributed by atoms with Crippen molar-refractivity contribution in [1.29, 1.82) is 0 Å². The Morgan fingerprint density at radius 2 is 1.62 bits per heavy atom. The maximum atomic E-state index is 12.2. The van der Waals surface area contributed by atoms with Crippen LogP contribution in [0.4, 0.5) is 0 Å². The van der Waals surface area contributed by atoms with E-state index in [0.29, 0.717) is 16.4 Å². The minimum atomic E-state index is -0.811. The Morgan fingerprint density at radius 1 is 1.00 bits per heavy atom. The van der Waals surface area contributed by atoms with E-state index in [2.05, 4.69) is 0 Å². The quantitative estimate of drug-likeness (QED) is 0.747. The molecule has 3 rings (SSSR count). The summed E-state index contributed by atoms with van der Waals surface area (Å²) in [5, 5.41) is 0.646. The predicted molar refractivity (Wildman–Crippen MR) is 91.3 cm³/mol. The third-order valence-corrected chi connectivity index (χ3v) is 4.26.